The molecule has 3 heteroatoms. The molecule has 4 aliphatic carbocycles. The third kappa shape index (κ3) is 3.61. The quantitative estimate of drug-likeness (QED) is 0.386. The van der Waals surface area contributed by atoms with Gasteiger partial charge >= 0.3 is 0 Å². The van der Waals surface area contributed by atoms with E-state index < -0.39 is 11.7 Å². The lowest BCUT2D eigenvalue weighted by atomic mass is 9.34. The van der Waals surface area contributed by atoms with Crippen molar-refractivity contribution in [2.75, 3.05) is 0 Å². The van der Waals surface area contributed by atoms with Gasteiger partial charge in [-0.2, -0.15) is 0 Å². The molecule has 0 heterocycles. The van der Waals surface area contributed by atoms with Crippen molar-refractivity contribution in [3.63, 3.8) is 0 Å². The normalized spacial score (nSPS) is 50.4. The molecule has 0 aromatic rings. The predicted octanol–water partition coefficient (Wildman–Crippen LogP) is 6.75. The maximum atomic E-state index is 11.8. The predicted molar refractivity (Wildman–Crippen MR) is 140 cm³/mol. The first-order chi connectivity index (χ1) is 15.5. The minimum absolute atomic E-state index is 0.0398. The van der Waals surface area contributed by atoms with E-state index >= 15 is 0 Å². The van der Waals surface area contributed by atoms with Crippen LogP contribution in [0.1, 0.15) is 113 Å². The number of rotatable bonds is 5. The van der Waals surface area contributed by atoms with Crippen molar-refractivity contribution in [2.45, 2.75) is 131 Å². The van der Waals surface area contributed by atoms with Crippen LogP contribution in [0.15, 0.2) is 12.2 Å². The average molecular weight is 475 g/mol. The van der Waals surface area contributed by atoms with Crippen LogP contribution in [-0.2, 0) is 0 Å². The van der Waals surface area contributed by atoms with E-state index in [1.807, 2.05) is 13.8 Å². The Morgan fingerprint density at radius 2 is 1.62 bits per heavy atom. The highest BCUT2D eigenvalue weighted by molar-refractivity contribution is 5.19. The minimum atomic E-state index is -0.883. The number of aliphatic hydroxyl groups is 3. The van der Waals surface area contributed by atoms with Gasteiger partial charge in [0.1, 0.15) is 0 Å². The van der Waals surface area contributed by atoms with Crippen LogP contribution in [0.4, 0.5) is 0 Å². The Hall–Kier alpha value is -0.380. The number of hydrogen-bond acceptors (Lipinski definition) is 3. The van der Waals surface area contributed by atoms with Gasteiger partial charge in [-0.3, -0.25) is 0 Å². The van der Waals surface area contributed by atoms with Gasteiger partial charge in [-0.05, 0) is 123 Å². The smallest absolute Gasteiger partial charge is 0.0745 e. The lowest BCUT2D eigenvalue weighted by Crippen LogP contribution is -2.66. The first kappa shape index (κ1) is 26.7. The zero-order valence-electron chi connectivity index (χ0n) is 23.5. The van der Waals surface area contributed by atoms with Crippen LogP contribution in [0.25, 0.3) is 0 Å². The first-order valence-corrected chi connectivity index (χ1v) is 14.3. The minimum Gasteiger partial charge on any atom is -0.393 e. The lowest BCUT2D eigenvalue weighted by Gasteiger charge is -2.70. The van der Waals surface area contributed by atoms with Crippen molar-refractivity contribution in [3.8, 4) is 0 Å². The molecular weight excluding hydrogens is 420 g/mol. The molecule has 3 nitrogen and oxygen atoms in total. The summed E-state index contributed by atoms with van der Waals surface area (Å²) >= 11 is 0. The van der Waals surface area contributed by atoms with E-state index in [2.05, 4.69) is 48.1 Å². The van der Waals surface area contributed by atoms with Crippen molar-refractivity contribution in [2.24, 2.45) is 51.2 Å². The third-order valence-electron chi connectivity index (χ3n) is 13.2. The van der Waals surface area contributed by atoms with E-state index in [4.69, 9.17) is 0 Å². The largest absolute Gasteiger partial charge is 0.393 e. The molecule has 0 amide bonds. The summed E-state index contributed by atoms with van der Waals surface area (Å²) in [5.74, 6) is 2.22. The zero-order chi connectivity index (χ0) is 25.5. The molecule has 0 spiro atoms. The molecule has 4 saturated carbocycles. The van der Waals surface area contributed by atoms with Crippen LogP contribution in [0.3, 0.4) is 0 Å². The van der Waals surface area contributed by atoms with E-state index in [1.54, 1.807) is 0 Å². The Morgan fingerprint density at radius 1 is 1.00 bits per heavy atom. The van der Waals surface area contributed by atoms with Gasteiger partial charge in [0.2, 0.25) is 0 Å². The van der Waals surface area contributed by atoms with Gasteiger partial charge < -0.3 is 15.3 Å². The molecule has 4 aliphatic rings. The van der Waals surface area contributed by atoms with Crippen LogP contribution >= 0.6 is 0 Å². The Morgan fingerprint density at radius 3 is 2.24 bits per heavy atom. The molecule has 34 heavy (non-hydrogen) atoms. The molecule has 196 valence electrons. The van der Waals surface area contributed by atoms with Crippen LogP contribution in [0.2, 0.25) is 0 Å². The Bertz CT molecular complexity index is 800. The van der Waals surface area contributed by atoms with Gasteiger partial charge in [0.15, 0.2) is 0 Å². The summed E-state index contributed by atoms with van der Waals surface area (Å²) in [6, 6.07) is 0. The molecular formula is C31H54O3. The van der Waals surface area contributed by atoms with Crippen molar-refractivity contribution in [1.29, 1.82) is 0 Å². The molecule has 11 atom stereocenters. The van der Waals surface area contributed by atoms with Crippen LogP contribution in [0, 0.1) is 51.2 Å². The Balaban J connectivity index is 1.64. The van der Waals surface area contributed by atoms with E-state index in [0.717, 1.165) is 36.7 Å². The highest BCUT2D eigenvalue weighted by Gasteiger charge is 2.71. The molecule has 0 aromatic heterocycles. The van der Waals surface area contributed by atoms with Gasteiger partial charge in [0.25, 0.3) is 0 Å². The van der Waals surface area contributed by atoms with E-state index in [-0.39, 0.29) is 34.2 Å². The highest BCUT2D eigenvalue weighted by Crippen LogP contribution is 2.76. The standard InChI is InChI=1S/C31H54O3/c1-19(2)22(32)12-17-31(9,34)21-11-15-30(8)26(21)23(33)18-25-28(6)14-10-20(3)27(4,5)24(28)13-16-29(25,30)7/h20-26,32-34H,1,10-18H2,2-9H3/t20-,21?,22?,23+,24?,25?,26?,28-,29+,30+,31?/m0/s1. The molecule has 6 unspecified atom stereocenters. The topological polar surface area (TPSA) is 60.7 Å². The summed E-state index contributed by atoms with van der Waals surface area (Å²) in [5.41, 5.74) is 0.744. The van der Waals surface area contributed by atoms with E-state index in [0.29, 0.717) is 24.2 Å². The molecule has 0 aromatic carbocycles. The maximum Gasteiger partial charge on any atom is 0.0745 e. The summed E-state index contributed by atoms with van der Waals surface area (Å²) in [5, 5.41) is 33.8. The molecule has 4 fully saturated rings. The average Bonchev–Trinajstić information content (AvgIpc) is 3.12. The second-order valence-corrected chi connectivity index (χ2v) is 15.0. The molecule has 0 saturated heterocycles. The van der Waals surface area contributed by atoms with Crippen LogP contribution in [-0.4, -0.2) is 33.1 Å². The van der Waals surface area contributed by atoms with Gasteiger partial charge in [0.05, 0.1) is 17.8 Å². The molecule has 0 radical (unpaired) electrons. The summed E-state index contributed by atoms with van der Waals surface area (Å²) < 4.78 is 0. The molecule has 3 N–H and O–H groups in total. The monoisotopic (exact) mass is 474 g/mol. The first-order valence-electron chi connectivity index (χ1n) is 14.3. The van der Waals surface area contributed by atoms with E-state index in [9.17, 15) is 15.3 Å². The van der Waals surface area contributed by atoms with Crippen molar-refractivity contribution >= 4 is 0 Å². The van der Waals surface area contributed by atoms with Crippen LogP contribution < -0.4 is 0 Å². The molecule has 0 aliphatic heterocycles. The molecule has 0 bridgehead atoms. The number of hydrogen-bond donors (Lipinski definition) is 3. The van der Waals surface area contributed by atoms with Gasteiger partial charge in [-0.15, -0.1) is 0 Å². The summed E-state index contributed by atoms with van der Waals surface area (Å²) in [6.07, 6.45) is 8.24. The van der Waals surface area contributed by atoms with Crippen molar-refractivity contribution < 1.29 is 15.3 Å². The Labute approximate surface area is 209 Å². The van der Waals surface area contributed by atoms with Crippen molar-refractivity contribution in [1.82, 2.24) is 0 Å². The SMILES string of the molecule is C=C(C)C(O)CCC(C)(O)C1CC[C@]2(C)C1[C@H](O)CC1[C@@]3(C)CC[C@H](C)C(C)(C)C3CC[C@]12C. The number of aliphatic hydroxyl groups excluding tert-OH is 2. The maximum absolute atomic E-state index is 11.8. The lowest BCUT2D eigenvalue weighted by molar-refractivity contribution is -0.240. The second-order valence-electron chi connectivity index (χ2n) is 15.0. The van der Waals surface area contributed by atoms with Crippen LogP contribution in [0.5, 0.6) is 0 Å². The van der Waals surface area contributed by atoms with Crippen molar-refractivity contribution in [3.05, 3.63) is 12.2 Å². The highest BCUT2D eigenvalue weighted by atomic mass is 16.3. The fourth-order valence-corrected chi connectivity index (χ4v) is 10.5. The second kappa shape index (κ2) is 8.32. The fraction of sp³-hybridized carbons (Fsp3) is 0.935. The third-order valence-corrected chi connectivity index (χ3v) is 13.2. The van der Waals surface area contributed by atoms with Gasteiger partial charge in [0, 0.05) is 0 Å². The summed E-state index contributed by atoms with van der Waals surface area (Å²) in [4.78, 5) is 0. The summed E-state index contributed by atoms with van der Waals surface area (Å²) in [6.45, 7) is 22.8. The zero-order valence-corrected chi connectivity index (χ0v) is 23.5. The molecule has 4 rings (SSSR count). The van der Waals surface area contributed by atoms with Gasteiger partial charge in [-0.25, -0.2) is 0 Å². The Kier molecular flexibility index (Phi) is 6.53. The van der Waals surface area contributed by atoms with Gasteiger partial charge in [-0.1, -0.05) is 53.7 Å². The fourth-order valence-electron chi connectivity index (χ4n) is 10.5. The summed E-state index contributed by atoms with van der Waals surface area (Å²) in [7, 11) is 0. The van der Waals surface area contributed by atoms with E-state index in [1.165, 1.54) is 25.7 Å². The number of fused-ring (bicyclic) bond motifs is 5.